The molecule has 0 saturated heterocycles. The second-order valence-corrected chi connectivity index (χ2v) is 5.47. The van der Waals surface area contributed by atoms with Crippen LogP contribution < -0.4 is 10.0 Å². The molecule has 0 atom stereocenters. The van der Waals surface area contributed by atoms with E-state index in [0.29, 0.717) is 17.8 Å². The Kier molecular flexibility index (Phi) is 4.51. The number of hydrogen-bond donors (Lipinski definition) is 2. The van der Waals surface area contributed by atoms with Crippen LogP contribution in [0.2, 0.25) is 0 Å². The van der Waals surface area contributed by atoms with Gasteiger partial charge in [-0.15, -0.1) is 0 Å². The SMILES string of the molecule is CCCC(=O)Nc1ccccc1NS(C)(=O)=O. The van der Waals surface area contributed by atoms with Gasteiger partial charge in [-0.25, -0.2) is 8.42 Å². The predicted octanol–water partition coefficient (Wildman–Crippen LogP) is 1.80. The molecular weight excluding hydrogens is 240 g/mol. The summed E-state index contributed by atoms with van der Waals surface area (Å²) in [6, 6.07) is 6.68. The van der Waals surface area contributed by atoms with Crippen LogP contribution in [0.3, 0.4) is 0 Å². The topological polar surface area (TPSA) is 75.3 Å². The fourth-order valence-electron chi connectivity index (χ4n) is 1.32. The molecule has 1 aromatic carbocycles. The molecule has 17 heavy (non-hydrogen) atoms. The average molecular weight is 256 g/mol. The van der Waals surface area contributed by atoms with Gasteiger partial charge in [-0.3, -0.25) is 9.52 Å². The fourth-order valence-corrected chi connectivity index (χ4v) is 1.90. The summed E-state index contributed by atoms with van der Waals surface area (Å²) in [6.45, 7) is 1.90. The lowest BCUT2D eigenvalue weighted by Crippen LogP contribution is -2.15. The molecule has 0 fully saturated rings. The molecule has 2 N–H and O–H groups in total. The number of benzene rings is 1. The van der Waals surface area contributed by atoms with E-state index in [1.54, 1.807) is 24.3 Å². The van der Waals surface area contributed by atoms with Crippen LogP contribution in [0.5, 0.6) is 0 Å². The molecule has 0 heterocycles. The number of carbonyl (C=O) groups excluding carboxylic acids is 1. The molecule has 0 aliphatic rings. The summed E-state index contributed by atoms with van der Waals surface area (Å²) in [5.41, 5.74) is 0.843. The van der Waals surface area contributed by atoms with E-state index in [-0.39, 0.29) is 5.91 Å². The van der Waals surface area contributed by atoms with E-state index in [0.717, 1.165) is 12.7 Å². The first kappa shape index (κ1) is 13.5. The minimum atomic E-state index is -3.35. The molecule has 0 saturated carbocycles. The van der Waals surface area contributed by atoms with Crippen molar-refractivity contribution < 1.29 is 13.2 Å². The van der Waals surface area contributed by atoms with Crippen molar-refractivity contribution in [2.75, 3.05) is 16.3 Å². The number of rotatable bonds is 5. The molecule has 0 radical (unpaired) electrons. The molecule has 0 aliphatic carbocycles. The van der Waals surface area contributed by atoms with E-state index in [9.17, 15) is 13.2 Å². The summed E-state index contributed by atoms with van der Waals surface area (Å²) in [4.78, 5) is 11.4. The Morgan fingerprint density at radius 1 is 1.24 bits per heavy atom. The van der Waals surface area contributed by atoms with E-state index >= 15 is 0 Å². The Labute approximate surface area is 101 Å². The van der Waals surface area contributed by atoms with Crippen molar-refractivity contribution in [3.63, 3.8) is 0 Å². The lowest BCUT2D eigenvalue weighted by Gasteiger charge is -2.11. The van der Waals surface area contributed by atoms with Gasteiger partial charge in [-0.05, 0) is 18.6 Å². The van der Waals surface area contributed by atoms with Crippen molar-refractivity contribution in [2.24, 2.45) is 0 Å². The van der Waals surface area contributed by atoms with E-state index < -0.39 is 10.0 Å². The predicted molar refractivity (Wildman–Crippen MR) is 68.4 cm³/mol. The maximum Gasteiger partial charge on any atom is 0.229 e. The fraction of sp³-hybridized carbons (Fsp3) is 0.364. The van der Waals surface area contributed by atoms with Gasteiger partial charge in [0.1, 0.15) is 0 Å². The van der Waals surface area contributed by atoms with Gasteiger partial charge in [0.15, 0.2) is 0 Å². The Balaban J connectivity index is 2.88. The first-order valence-corrected chi connectivity index (χ1v) is 7.18. The number of para-hydroxylation sites is 2. The minimum Gasteiger partial charge on any atom is -0.324 e. The Morgan fingerprint density at radius 2 is 1.82 bits per heavy atom. The average Bonchev–Trinajstić information content (AvgIpc) is 2.19. The van der Waals surface area contributed by atoms with Crippen LogP contribution >= 0.6 is 0 Å². The van der Waals surface area contributed by atoms with Gasteiger partial charge in [0.05, 0.1) is 17.6 Å². The summed E-state index contributed by atoms with van der Waals surface area (Å²) in [7, 11) is -3.35. The van der Waals surface area contributed by atoms with Gasteiger partial charge >= 0.3 is 0 Å². The standard InChI is InChI=1S/C11H16N2O3S/c1-3-6-11(14)12-9-7-4-5-8-10(9)13-17(2,15)16/h4-5,7-8,13H,3,6H2,1-2H3,(H,12,14). The van der Waals surface area contributed by atoms with Crippen molar-refractivity contribution >= 4 is 27.3 Å². The number of amides is 1. The second kappa shape index (κ2) is 5.67. The van der Waals surface area contributed by atoms with Gasteiger partial charge in [-0.2, -0.15) is 0 Å². The highest BCUT2D eigenvalue weighted by molar-refractivity contribution is 7.92. The zero-order valence-electron chi connectivity index (χ0n) is 9.86. The quantitative estimate of drug-likeness (QED) is 0.843. The molecule has 0 unspecified atom stereocenters. The van der Waals surface area contributed by atoms with Crippen LogP contribution in [0.4, 0.5) is 11.4 Å². The lowest BCUT2D eigenvalue weighted by atomic mass is 10.2. The third-order valence-electron chi connectivity index (χ3n) is 1.97. The Morgan fingerprint density at radius 3 is 2.35 bits per heavy atom. The molecule has 0 bridgehead atoms. The number of anilines is 2. The molecule has 0 aromatic heterocycles. The highest BCUT2D eigenvalue weighted by Gasteiger charge is 2.08. The zero-order valence-corrected chi connectivity index (χ0v) is 10.7. The highest BCUT2D eigenvalue weighted by Crippen LogP contribution is 2.22. The van der Waals surface area contributed by atoms with Crippen molar-refractivity contribution in [2.45, 2.75) is 19.8 Å². The van der Waals surface area contributed by atoms with E-state index in [1.807, 2.05) is 6.92 Å². The van der Waals surface area contributed by atoms with Crippen LogP contribution in [-0.2, 0) is 14.8 Å². The van der Waals surface area contributed by atoms with E-state index in [1.165, 1.54) is 0 Å². The number of carbonyl (C=O) groups is 1. The van der Waals surface area contributed by atoms with Crippen molar-refractivity contribution in [3.05, 3.63) is 24.3 Å². The molecule has 1 rings (SSSR count). The van der Waals surface area contributed by atoms with Crippen molar-refractivity contribution in [1.82, 2.24) is 0 Å². The molecule has 94 valence electrons. The summed E-state index contributed by atoms with van der Waals surface area (Å²) in [5.74, 6) is -0.129. The summed E-state index contributed by atoms with van der Waals surface area (Å²) in [6.07, 6.45) is 2.22. The Bertz CT molecular complexity index is 497. The van der Waals surface area contributed by atoms with Crippen molar-refractivity contribution in [3.8, 4) is 0 Å². The van der Waals surface area contributed by atoms with Crippen LogP contribution in [0.15, 0.2) is 24.3 Å². The van der Waals surface area contributed by atoms with E-state index in [4.69, 9.17) is 0 Å². The monoisotopic (exact) mass is 256 g/mol. The molecular formula is C11H16N2O3S. The maximum atomic E-state index is 11.4. The number of nitrogens with one attached hydrogen (secondary N) is 2. The maximum absolute atomic E-state index is 11.4. The first-order valence-electron chi connectivity index (χ1n) is 5.29. The third kappa shape index (κ3) is 4.86. The Hall–Kier alpha value is -1.56. The van der Waals surface area contributed by atoms with Crippen LogP contribution in [0, 0.1) is 0 Å². The van der Waals surface area contributed by atoms with Crippen LogP contribution in [0.1, 0.15) is 19.8 Å². The molecule has 0 spiro atoms. The zero-order chi connectivity index (χ0) is 12.9. The second-order valence-electron chi connectivity index (χ2n) is 3.72. The number of hydrogen-bond acceptors (Lipinski definition) is 3. The van der Waals surface area contributed by atoms with Gasteiger partial charge < -0.3 is 5.32 Å². The molecule has 0 aliphatic heterocycles. The molecule has 5 nitrogen and oxygen atoms in total. The summed E-state index contributed by atoms with van der Waals surface area (Å²) < 4.78 is 24.6. The van der Waals surface area contributed by atoms with Gasteiger partial charge in [0.25, 0.3) is 0 Å². The first-order chi connectivity index (χ1) is 7.92. The van der Waals surface area contributed by atoms with E-state index in [2.05, 4.69) is 10.0 Å². The lowest BCUT2D eigenvalue weighted by molar-refractivity contribution is -0.116. The minimum absolute atomic E-state index is 0.129. The van der Waals surface area contributed by atoms with Gasteiger partial charge in [0.2, 0.25) is 15.9 Å². The number of sulfonamides is 1. The van der Waals surface area contributed by atoms with Crippen LogP contribution in [0.25, 0.3) is 0 Å². The van der Waals surface area contributed by atoms with Gasteiger partial charge in [0, 0.05) is 6.42 Å². The highest BCUT2D eigenvalue weighted by atomic mass is 32.2. The third-order valence-corrected chi connectivity index (χ3v) is 2.56. The normalized spacial score (nSPS) is 10.9. The summed E-state index contributed by atoms with van der Waals surface area (Å²) >= 11 is 0. The van der Waals surface area contributed by atoms with Gasteiger partial charge in [-0.1, -0.05) is 19.1 Å². The summed E-state index contributed by atoms with van der Waals surface area (Å²) in [5, 5.41) is 2.67. The van der Waals surface area contributed by atoms with Crippen LogP contribution in [-0.4, -0.2) is 20.6 Å². The molecule has 1 amide bonds. The molecule has 1 aromatic rings. The molecule has 6 heteroatoms. The largest absolute Gasteiger partial charge is 0.324 e. The van der Waals surface area contributed by atoms with Crippen molar-refractivity contribution in [1.29, 1.82) is 0 Å². The smallest absolute Gasteiger partial charge is 0.229 e.